The van der Waals surface area contributed by atoms with Crippen LogP contribution in [0.2, 0.25) is 0 Å². The lowest BCUT2D eigenvalue weighted by atomic mass is 10.0. The molecule has 0 bridgehead atoms. The predicted octanol–water partition coefficient (Wildman–Crippen LogP) is 13.1. The van der Waals surface area contributed by atoms with E-state index in [9.17, 15) is 0 Å². The van der Waals surface area contributed by atoms with Crippen molar-refractivity contribution in [3.05, 3.63) is 158 Å². The first-order chi connectivity index (χ1) is 26.2. The zero-order valence-corrected chi connectivity index (χ0v) is 29.7. The lowest BCUT2D eigenvalue weighted by Gasteiger charge is -2.10. The van der Waals surface area contributed by atoms with Crippen molar-refractivity contribution in [3.8, 4) is 55.9 Å². The highest BCUT2D eigenvalue weighted by Crippen LogP contribution is 2.42. The Kier molecular flexibility index (Phi) is 6.83. The third-order valence-electron chi connectivity index (χ3n) is 9.80. The van der Waals surface area contributed by atoms with Gasteiger partial charge in [0, 0.05) is 53.2 Å². The second-order valence-corrected chi connectivity index (χ2v) is 15.2. The number of furan rings is 1. The number of aromatic nitrogens is 4. The van der Waals surface area contributed by atoms with Gasteiger partial charge in [-0.1, -0.05) is 115 Å². The Bertz CT molecular complexity index is 3150. The van der Waals surface area contributed by atoms with Gasteiger partial charge in [-0.2, -0.15) is 0 Å². The zero-order chi connectivity index (χ0) is 34.9. The maximum Gasteiger partial charge on any atom is 0.164 e. The first kappa shape index (κ1) is 30.1. The Balaban J connectivity index is 1.02. The molecule has 5 nitrogen and oxygen atoms in total. The topological polar surface area (TPSA) is 64.7 Å². The summed E-state index contributed by atoms with van der Waals surface area (Å²) in [7, 11) is 0. The molecule has 0 fully saturated rings. The maximum absolute atomic E-state index is 6.25. The van der Waals surface area contributed by atoms with Gasteiger partial charge in [-0.05, 0) is 53.6 Å². The van der Waals surface area contributed by atoms with Crippen LogP contribution in [0, 0.1) is 0 Å². The van der Waals surface area contributed by atoms with Gasteiger partial charge in [0.15, 0.2) is 17.5 Å². The normalized spacial score (nSPS) is 11.8. The molecule has 0 spiro atoms. The van der Waals surface area contributed by atoms with Crippen LogP contribution in [0.1, 0.15) is 0 Å². The summed E-state index contributed by atoms with van der Waals surface area (Å²) in [6.45, 7) is 0. The first-order valence-corrected chi connectivity index (χ1v) is 19.0. The SMILES string of the molecule is c1ccc(-c2nc(-c3ccc4c(c3)oc3ccccc34)nc(-c3cccc4sc5cc(-c6ccc(-c7nc8ccccc8s7)cc6)ccc5c34)n2)cc1. The Morgan fingerprint density at radius 1 is 0.377 bits per heavy atom. The van der Waals surface area contributed by atoms with Crippen molar-refractivity contribution in [1.82, 2.24) is 19.9 Å². The molecule has 4 heterocycles. The minimum absolute atomic E-state index is 0.601. The van der Waals surface area contributed by atoms with E-state index in [1.54, 1.807) is 22.7 Å². The van der Waals surface area contributed by atoms with E-state index in [2.05, 4.69) is 97.1 Å². The van der Waals surface area contributed by atoms with Crippen molar-refractivity contribution in [1.29, 1.82) is 0 Å². The molecule has 53 heavy (non-hydrogen) atoms. The fraction of sp³-hybridized carbons (Fsp3) is 0. The molecule has 11 rings (SSSR count). The van der Waals surface area contributed by atoms with Crippen LogP contribution in [0.15, 0.2) is 162 Å². The molecule has 0 saturated heterocycles. The van der Waals surface area contributed by atoms with Gasteiger partial charge in [-0.3, -0.25) is 0 Å². The van der Waals surface area contributed by atoms with Crippen LogP contribution in [-0.4, -0.2) is 19.9 Å². The molecule has 0 atom stereocenters. The molecule has 4 aromatic heterocycles. The van der Waals surface area contributed by atoms with Crippen molar-refractivity contribution in [2.24, 2.45) is 0 Å². The van der Waals surface area contributed by atoms with Crippen LogP contribution >= 0.6 is 22.7 Å². The molecule has 0 aliphatic carbocycles. The van der Waals surface area contributed by atoms with Crippen molar-refractivity contribution >= 4 is 75.0 Å². The van der Waals surface area contributed by atoms with Gasteiger partial charge in [0.1, 0.15) is 16.2 Å². The number of nitrogens with zero attached hydrogens (tertiary/aromatic N) is 4. The molecular weight excluding hydrogens is 689 g/mol. The van der Waals surface area contributed by atoms with Crippen molar-refractivity contribution in [2.75, 3.05) is 0 Å². The maximum atomic E-state index is 6.25. The van der Waals surface area contributed by atoms with Gasteiger partial charge in [0.25, 0.3) is 0 Å². The number of thiazole rings is 1. The highest BCUT2D eigenvalue weighted by atomic mass is 32.1. The quantitative estimate of drug-likeness (QED) is 0.178. The lowest BCUT2D eigenvalue weighted by molar-refractivity contribution is 0.669. The lowest BCUT2D eigenvalue weighted by Crippen LogP contribution is -2.00. The van der Waals surface area contributed by atoms with Crippen LogP contribution in [0.25, 0.3) is 108 Å². The summed E-state index contributed by atoms with van der Waals surface area (Å²) < 4.78 is 9.85. The number of thiophene rings is 1. The summed E-state index contributed by atoms with van der Waals surface area (Å²) >= 11 is 3.52. The fourth-order valence-electron chi connectivity index (χ4n) is 7.20. The molecule has 7 aromatic carbocycles. The molecule has 0 aliphatic rings. The van der Waals surface area contributed by atoms with E-state index in [4.69, 9.17) is 24.4 Å². The highest BCUT2D eigenvalue weighted by Gasteiger charge is 2.18. The van der Waals surface area contributed by atoms with Crippen LogP contribution in [0.4, 0.5) is 0 Å². The van der Waals surface area contributed by atoms with Crippen molar-refractivity contribution in [2.45, 2.75) is 0 Å². The molecule has 0 amide bonds. The summed E-state index contributed by atoms with van der Waals surface area (Å²) in [6, 6.07) is 54.6. The minimum atomic E-state index is 0.601. The number of benzene rings is 7. The van der Waals surface area contributed by atoms with Crippen molar-refractivity contribution in [3.63, 3.8) is 0 Å². The van der Waals surface area contributed by atoms with Gasteiger partial charge in [0.2, 0.25) is 0 Å². The minimum Gasteiger partial charge on any atom is -0.456 e. The van der Waals surface area contributed by atoms with E-state index >= 15 is 0 Å². The Morgan fingerprint density at radius 3 is 1.94 bits per heavy atom. The Labute approximate surface area is 311 Å². The van der Waals surface area contributed by atoms with Gasteiger partial charge < -0.3 is 4.42 Å². The first-order valence-electron chi connectivity index (χ1n) is 17.4. The van der Waals surface area contributed by atoms with Crippen LogP contribution in [0.5, 0.6) is 0 Å². The average molecular weight is 715 g/mol. The van der Waals surface area contributed by atoms with E-state index in [1.807, 2.05) is 60.7 Å². The highest BCUT2D eigenvalue weighted by molar-refractivity contribution is 7.26. The third kappa shape index (κ3) is 5.12. The van der Waals surface area contributed by atoms with Crippen LogP contribution in [0.3, 0.4) is 0 Å². The van der Waals surface area contributed by atoms with E-state index in [1.165, 1.54) is 30.6 Å². The standard InChI is InChI=1S/C46H26N4OS2/c1-2-9-28(10-3-1)43-48-44(31-22-23-33-32-11-4-6-14-37(32)51-38(33)25-31)50-45(49-43)35-12-8-16-40-42(35)34-24-21-30(26-41(34)52-40)27-17-19-29(20-18-27)46-47-36-13-5-7-15-39(36)53-46/h1-26H. The summed E-state index contributed by atoms with van der Waals surface area (Å²) in [4.78, 5) is 20.1. The monoisotopic (exact) mass is 714 g/mol. The predicted molar refractivity (Wildman–Crippen MR) is 220 cm³/mol. The van der Waals surface area contributed by atoms with Gasteiger partial charge >= 0.3 is 0 Å². The van der Waals surface area contributed by atoms with E-state index in [-0.39, 0.29) is 0 Å². The van der Waals surface area contributed by atoms with E-state index in [0.717, 1.165) is 60.1 Å². The number of fused-ring (bicyclic) bond motifs is 7. The molecule has 7 heteroatoms. The van der Waals surface area contributed by atoms with Crippen LogP contribution in [-0.2, 0) is 0 Å². The fourth-order valence-corrected chi connectivity index (χ4v) is 9.34. The number of rotatable bonds is 5. The molecule has 0 radical (unpaired) electrons. The summed E-state index contributed by atoms with van der Waals surface area (Å²) in [5.41, 5.74) is 8.98. The van der Waals surface area contributed by atoms with Crippen LogP contribution < -0.4 is 0 Å². The zero-order valence-electron chi connectivity index (χ0n) is 28.0. The average Bonchev–Trinajstić information content (AvgIpc) is 3.94. The molecule has 0 aliphatic heterocycles. The largest absolute Gasteiger partial charge is 0.456 e. The van der Waals surface area contributed by atoms with Gasteiger partial charge in [-0.15, -0.1) is 22.7 Å². The molecule has 248 valence electrons. The molecule has 0 N–H and O–H groups in total. The summed E-state index contributed by atoms with van der Waals surface area (Å²) in [5.74, 6) is 1.87. The number of hydrogen-bond acceptors (Lipinski definition) is 7. The smallest absolute Gasteiger partial charge is 0.164 e. The third-order valence-corrected chi connectivity index (χ3v) is 12.0. The van der Waals surface area contributed by atoms with E-state index in [0.29, 0.717) is 17.5 Å². The number of hydrogen-bond donors (Lipinski definition) is 0. The number of para-hydroxylation sites is 2. The molecule has 0 saturated carbocycles. The molecular formula is C46H26N4OS2. The van der Waals surface area contributed by atoms with Gasteiger partial charge in [-0.25, -0.2) is 19.9 Å². The Hall–Kier alpha value is -6.54. The molecule has 0 unspecified atom stereocenters. The summed E-state index contributed by atoms with van der Waals surface area (Å²) in [5, 5.41) is 5.53. The second kappa shape index (κ2) is 12.0. The van der Waals surface area contributed by atoms with Crippen molar-refractivity contribution < 1.29 is 4.42 Å². The molecule has 11 aromatic rings. The Morgan fingerprint density at radius 2 is 1.06 bits per heavy atom. The summed E-state index contributed by atoms with van der Waals surface area (Å²) in [6.07, 6.45) is 0. The second-order valence-electron chi connectivity index (χ2n) is 13.0. The van der Waals surface area contributed by atoms with E-state index < -0.39 is 0 Å². The van der Waals surface area contributed by atoms with Gasteiger partial charge in [0.05, 0.1) is 10.2 Å².